The number of anilines is 2. The van der Waals surface area contributed by atoms with Gasteiger partial charge in [0.05, 0.1) is 17.9 Å². The summed E-state index contributed by atoms with van der Waals surface area (Å²) < 4.78 is 5.38. The molecule has 0 spiro atoms. The number of ether oxygens (including phenoxy) is 1. The average molecular weight is 503 g/mol. The first-order valence-corrected chi connectivity index (χ1v) is 12.4. The summed E-state index contributed by atoms with van der Waals surface area (Å²) in [5.74, 6) is -0.671. The topological polar surface area (TPSA) is 91.0 Å². The third kappa shape index (κ3) is 5.85. The van der Waals surface area contributed by atoms with Gasteiger partial charge >= 0.3 is 6.09 Å². The van der Waals surface area contributed by atoms with Gasteiger partial charge in [0.25, 0.3) is 5.91 Å². The van der Waals surface area contributed by atoms with Crippen LogP contribution >= 0.6 is 0 Å². The molecule has 3 aromatic rings. The van der Waals surface area contributed by atoms with Crippen LogP contribution in [0.25, 0.3) is 10.8 Å². The third-order valence-corrected chi connectivity index (χ3v) is 6.42. The molecule has 2 atom stereocenters. The van der Waals surface area contributed by atoms with Crippen molar-refractivity contribution in [3.8, 4) is 0 Å². The Morgan fingerprint density at radius 3 is 2.51 bits per heavy atom. The number of benzene rings is 3. The molecule has 0 bridgehead atoms. The second-order valence-electron chi connectivity index (χ2n) is 10.3. The molecule has 0 aromatic heterocycles. The van der Waals surface area contributed by atoms with Gasteiger partial charge in [0.1, 0.15) is 17.7 Å². The lowest BCUT2D eigenvalue weighted by atomic mass is 10.0. The molecular formula is C29H34N4O4. The number of nitrogens with zero attached hydrogens (tertiary/aromatic N) is 2. The number of likely N-dealkylation sites (N-methyl/N-ethyl adjacent to an activating group) is 1. The van der Waals surface area contributed by atoms with E-state index >= 15 is 0 Å². The second-order valence-corrected chi connectivity index (χ2v) is 10.3. The van der Waals surface area contributed by atoms with Crippen LogP contribution in [-0.2, 0) is 20.9 Å². The Morgan fingerprint density at radius 1 is 1.08 bits per heavy atom. The molecule has 0 fully saturated rings. The molecule has 3 aromatic carbocycles. The first-order chi connectivity index (χ1) is 17.5. The molecule has 194 valence electrons. The van der Waals surface area contributed by atoms with Gasteiger partial charge in [-0.15, -0.1) is 0 Å². The maximum atomic E-state index is 13.9. The van der Waals surface area contributed by atoms with Gasteiger partial charge in [-0.2, -0.15) is 0 Å². The molecule has 1 unspecified atom stereocenters. The van der Waals surface area contributed by atoms with Crippen LogP contribution in [0, 0.1) is 0 Å². The van der Waals surface area contributed by atoms with E-state index in [0.717, 1.165) is 27.7 Å². The Balaban J connectivity index is 1.58. The first-order valence-electron chi connectivity index (χ1n) is 12.4. The molecule has 2 N–H and O–H groups in total. The summed E-state index contributed by atoms with van der Waals surface area (Å²) in [4.78, 5) is 42.4. The minimum atomic E-state index is -0.834. The molecular weight excluding hydrogens is 468 g/mol. The molecule has 8 nitrogen and oxygen atoms in total. The van der Waals surface area contributed by atoms with Crippen molar-refractivity contribution < 1.29 is 19.1 Å². The van der Waals surface area contributed by atoms with Crippen LogP contribution in [0.3, 0.4) is 0 Å². The van der Waals surface area contributed by atoms with Gasteiger partial charge in [-0.1, -0.05) is 54.6 Å². The normalized spacial score (nSPS) is 16.3. The van der Waals surface area contributed by atoms with Gasteiger partial charge < -0.3 is 20.3 Å². The predicted molar refractivity (Wildman–Crippen MR) is 145 cm³/mol. The zero-order valence-electron chi connectivity index (χ0n) is 21.9. The Kier molecular flexibility index (Phi) is 7.38. The molecule has 8 heteroatoms. The van der Waals surface area contributed by atoms with Crippen molar-refractivity contribution in [1.29, 1.82) is 0 Å². The number of rotatable bonds is 5. The highest BCUT2D eigenvalue weighted by Gasteiger charge is 2.34. The maximum absolute atomic E-state index is 13.9. The number of nitrogens with one attached hydrogen (secondary N) is 2. The minimum Gasteiger partial charge on any atom is -0.444 e. The van der Waals surface area contributed by atoms with E-state index in [9.17, 15) is 14.4 Å². The second kappa shape index (κ2) is 10.5. The molecule has 1 heterocycles. The first kappa shape index (κ1) is 26.0. The number of amides is 3. The fraction of sp³-hybridized carbons (Fsp3) is 0.345. The van der Waals surface area contributed by atoms with Crippen molar-refractivity contribution >= 4 is 40.1 Å². The summed E-state index contributed by atoms with van der Waals surface area (Å²) in [5, 5.41) is 8.32. The lowest BCUT2D eigenvalue weighted by molar-refractivity contribution is -0.130. The average Bonchev–Trinajstić information content (AvgIpc) is 2.99. The predicted octanol–water partition coefficient (Wildman–Crippen LogP) is 4.54. The quantitative estimate of drug-likeness (QED) is 0.535. The Hall–Kier alpha value is -4.07. The minimum absolute atomic E-state index is 0.219. The van der Waals surface area contributed by atoms with E-state index < -0.39 is 29.7 Å². The van der Waals surface area contributed by atoms with Crippen molar-refractivity contribution in [3.05, 3.63) is 72.3 Å². The summed E-state index contributed by atoms with van der Waals surface area (Å²) >= 11 is 0. The Bertz CT molecular complexity index is 1310. The smallest absolute Gasteiger partial charge is 0.410 e. The Labute approximate surface area is 217 Å². The SMILES string of the molecule is CC(C(=O)N[C@H]1CNc2ccccc2N(Cc2cccc3ccccc23)C1=O)N(C)C(=O)OC(C)(C)C. The maximum Gasteiger partial charge on any atom is 0.410 e. The Morgan fingerprint density at radius 2 is 1.76 bits per heavy atom. The van der Waals surface area contributed by atoms with Gasteiger partial charge in [-0.3, -0.25) is 14.5 Å². The van der Waals surface area contributed by atoms with Gasteiger partial charge in [0.2, 0.25) is 5.91 Å². The molecule has 1 aliphatic rings. The lowest BCUT2D eigenvalue weighted by Gasteiger charge is -2.30. The monoisotopic (exact) mass is 502 g/mol. The highest BCUT2D eigenvalue weighted by molar-refractivity contribution is 6.04. The molecule has 1 aliphatic heterocycles. The van der Waals surface area contributed by atoms with E-state index in [-0.39, 0.29) is 12.5 Å². The van der Waals surface area contributed by atoms with Crippen molar-refractivity contribution in [2.75, 3.05) is 23.8 Å². The van der Waals surface area contributed by atoms with E-state index in [4.69, 9.17) is 4.74 Å². The molecule has 37 heavy (non-hydrogen) atoms. The zero-order valence-corrected chi connectivity index (χ0v) is 21.9. The molecule has 3 amide bonds. The summed E-state index contributed by atoms with van der Waals surface area (Å²) in [6.07, 6.45) is -0.606. The van der Waals surface area contributed by atoms with Gasteiger partial charge in [0, 0.05) is 13.6 Å². The summed E-state index contributed by atoms with van der Waals surface area (Å²) in [6, 6.07) is 20.1. The molecule has 4 rings (SSSR count). The van der Waals surface area contributed by atoms with Crippen molar-refractivity contribution in [3.63, 3.8) is 0 Å². The van der Waals surface area contributed by atoms with E-state index in [1.807, 2.05) is 66.7 Å². The van der Waals surface area contributed by atoms with Crippen LogP contribution in [0.5, 0.6) is 0 Å². The number of hydrogen-bond acceptors (Lipinski definition) is 5. The summed E-state index contributed by atoms with van der Waals surface area (Å²) in [7, 11) is 1.51. The number of carbonyl (C=O) groups is 3. The summed E-state index contributed by atoms with van der Waals surface area (Å²) in [5.41, 5.74) is 1.88. The number of para-hydroxylation sites is 2. The van der Waals surface area contributed by atoms with E-state index in [1.54, 1.807) is 32.6 Å². The number of fused-ring (bicyclic) bond motifs is 2. The van der Waals surface area contributed by atoms with E-state index in [2.05, 4.69) is 10.6 Å². The fourth-order valence-electron chi connectivity index (χ4n) is 4.30. The van der Waals surface area contributed by atoms with Crippen molar-refractivity contribution in [2.24, 2.45) is 0 Å². The van der Waals surface area contributed by atoms with Crippen LogP contribution < -0.4 is 15.5 Å². The number of carbonyl (C=O) groups excluding carboxylic acids is 3. The lowest BCUT2D eigenvalue weighted by Crippen LogP contribution is -2.55. The van der Waals surface area contributed by atoms with Crippen LogP contribution in [0.4, 0.5) is 16.2 Å². The molecule has 0 saturated carbocycles. The van der Waals surface area contributed by atoms with Crippen LogP contribution in [0.1, 0.15) is 33.3 Å². The largest absolute Gasteiger partial charge is 0.444 e. The van der Waals surface area contributed by atoms with Gasteiger partial charge in [-0.05, 0) is 56.2 Å². The van der Waals surface area contributed by atoms with Gasteiger partial charge in [0.15, 0.2) is 0 Å². The van der Waals surface area contributed by atoms with Gasteiger partial charge in [-0.25, -0.2) is 4.79 Å². The summed E-state index contributed by atoms with van der Waals surface area (Å²) in [6.45, 7) is 7.47. The standard InChI is InChI=1S/C29H34N4O4/c1-19(32(5)28(36)37-29(2,3)4)26(34)31-24-17-30-23-15-8-9-16-25(23)33(27(24)35)18-21-13-10-12-20-11-6-7-14-22(20)21/h6-16,19,24,30H,17-18H2,1-5H3,(H,31,34)/t19?,24-/m0/s1. The molecule has 0 saturated heterocycles. The third-order valence-electron chi connectivity index (χ3n) is 6.42. The van der Waals surface area contributed by atoms with Crippen molar-refractivity contribution in [2.45, 2.75) is 51.9 Å². The van der Waals surface area contributed by atoms with Crippen LogP contribution in [0.15, 0.2) is 66.7 Å². The fourth-order valence-corrected chi connectivity index (χ4v) is 4.30. The zero-order chi connectivity index (χ0) is 26.7. The van der Waals surface area contributed by atoms with E-state index in [1.165, 1.54) is 11.9 Å². The molecule has 0 radical (unpaired) electrons. The van der Waals surface area contributed by atoms with E-state index in [0.29, 0.717) is 6.54 Å². The highest BCUT2D eigenvalue weighted by atomic mass is 16.6. The van der Waals surface area contributed by atoms with Crippen molar-refractivity contribution in [1.82, 2.24) is 10.2 Å². The molecule has 0 aliphatic carbocycles. The number of hydrogen-bond donors (Lipinski definition) is 2. The van der Waals surface area contributed by atoms with Crippen LogP contribution in [0.2, 0.25) is 0 Å². The van der Waals surface area contributed by atoms with Crippen LogP contribution in [-0.4, -0.2) is 54.1 Å². The highest BCUT2D eigenvalue weighted by Crippen LogP contribution is 2.31.